The molecular formula is C94H141N23O7S. The first-order valence-corrected chi connectivity index (χ1v) is 46.0. The Labute approximate surface area is 745 Å². The third kappa shape index (κ3) is 31.3. The number of amides is 3. The molecule has 4 aliphatic carbocycles. The second-order valence-electron chi connectivity index (χ2n) is 36.7. The van der Waals surface area contributed by atoms with Gasteiger partial charge in [0.25, 0.3) is 0 Å². The number of nitrogens with zero attached hydrogens (tertiary/aromatic N) is 19. The monoisotopic (exact) mass is 1740 g/mol. The smallest absolute Gasteiger partial charge is 0.407 e. The molecule has 5 atom stereocenters. The molecule has 0 bridgehead atoms. The fourth-order valence-corrected chi connectivity index (χ4v) is 16.5. The molecule has 30 nitrogen and oxygen atoms in total. The molecule has 0 saturated heterocycles. The lowest BCUT2D eigenvalue weighted by atomic mass is 9.91. The molecule has 3 amide bonds. The zero-order chi connectivity index (χ0) is 90.5. The van der Waals surface area contributed by atoms with Crippen LogP contribution in [0.25, 0.3) is 0 Å². The van der Waals surface area contributed by atoms with Gasteiger partial charge < -0.3 is 50.6 Å². The summed E-state index contributed by atoms with van der Waals surface area (Å²) in [5.41, 5.74) is 22.8. The van der Waals surface area contributed by atoms with Crippen molar-refractivity contribution in [2.45, 2.75) is 263 Å². The molecule has 8 aromatic heterocycles. The molecule has 8 heterocycles. The summed E-state index contributed by atoms with van der Waals surface area (Å²) in [6.45, 7) is 21.9. The van der Waals surface area contributed by atoms with Gasteiger partial charge in [-0.2, -0.15) is 0 Å². The first-order chi connectivity index (χ1) is 59.5. The molecule has 0 aliphatic heterocycles. The minimum absolute atomic E-state index is 0.247. The van der Waals surface area contributed by atoms with Crippen molar-refractivity contribution in [2.75, 3.05) is 118 Å². The van der Waals surface area contributed by atoms with Crippen molar-refractivity contribution in [3.05, 3.63) is 188 Å². The van der Waals surface area contributed by atoms with E-state index in [2.05, 4.69) is 123 Å². The Balaban J connectivity index is 0.000000189. The van der Waals surface area contributed by atoms with Gasteiger partial charge in [0.1, 0.15) is 16.8 Å². The fourth-order valence-electron chi connectivity index (χ4n) is 16.0. The average molecular weight is 1740 g/mol. The van der Waals surface area contributed by atoms with Crippen LogP contribution in [0.1, 0.15) is 254 Å². The highest BCUT2D eigenvalue weighted by atomic mass is 32.2. The van der Waals surface area contributed by atoms with Gasteiger partial charge in [-0.15, -0.1) is 0 Å². The fraction of sp³-hybridized carbons (Fsp3) is 0.585. The highest BCUT2D eigenvalue weighted by molar-refractivity contribution is 7.84. The van der Waals surface area contributed by atoms with E-state index in [0.29, 0.717) is 80.7 Å². The predicted molar refractivity (Wildman–Crippen MR) is 494 cm³/mol. The summed E-state index contributed by atoms with van der Waals surface area (Å²) in [7, 11) is 19.1. The van der Waals surface area contributed by atoms with Crippen LogP contribution in [0.4, 0.5) is 32.2 Å². The molecule has 5 N–H and O–H groups in total. The van der Waals surface area contributed by atoms with Crippen LogP contribution in [-0.2, 0) is 103 Å². The van der Waals surface area contributed by atoms with E-state index in [0.717, 1.165) is 167 Å². The van der Waals surface area contributed by atoms with E-state index in [1.165, 1.54) is 64.2 Å². The molecule has 4 aliphatic rings. The number of aryl methyl sites for hydroxylation is 8. The summed E-state index contributed by atoms with van der Waals surface area (Å²) < 4.78 is 27.9. The highest BCUT2D eigenvalue weighted by Gasteiger charge is 2.32. The Hall–Kier alpha value is -9.92. The number of pyridine rings is 4. The maximum atomic E-state index is 12.0. The second-order valence-corrected chi connectivity index (χ2v) is 37.9. The zero-order valence-electron chi connectivity index (χ0n) is 78.2. The second kappa shape index (κ2) is 47.6. The predicted octanol–water partition coefficient (Wildman–Crippen LogP) is 13.7. The van der Waals surface area contributed by atoms with Crippen LogP contribution in [0.15, 0.2) is 103 Å². The summed E-state index contributed by atoms with van der Waals surface area (Å²) in [6, 6.07) is 18.1. The number of alkyl carbamates (subject to hydrolysis) is 3. The molecule has 0 fully saturated rings. The molecule has 0 radical (unpaired) electrons. The van der Waals surface area contributed by atoms with Crippen LogP contribution in [0.5, 0.6) is 0 Å². The number of carbonyl (C=O) groups is 3. The van der Waals surface area contributed by atoms with Crippen LogP contribution >= 0.6 is 0 Å². The highest BCUT2D eigenvalue weighted by Crippen LogP contribution is 2.38. The van der Waals surface area contributed by atoms with E-state index >= 15 is 0 Å². The third-order valence-corrected chi connectivity index (χ3v) is 22.8. The van der Waals surface area contributed by atoms with Crippen molar-refractivity contribution < 1.29 is 32.8 Å². The maximum Gasteiger partial charge on any atom is 0.407 e. The Morgan fingerprint density at radius 2 is 0.648 bits per heavy atom. The summed E-state index contributed by atoms with van der Waals surface area (Å²) in [5.74, 6) is 2.15. The van der Waals surface area contributed by atoms with E-state index in [4.69, 9.17) is 44.9 Å². The molecule has 8 aromatic rings. The molecule has 31 heteroatoms. The van der Waals surface area contributed by atoms with E-state index in [1.807, 2.05) is 187 Å². The Morgan fingerprint density at radius 1 is 0.392 bits per heavy atom. The number of fused-ring (bicyclic) bond motifs is 4. The van der Waals surface area contributed by atoms with Gasteiger partial charge in [0, 0.05) is 172 Å². The molecule has 0 aromatic carbocycles. The maximum absolute atomic E-state index is 12.0. The van der Waals surface area contributed by atoms with Gasteiger partial charge >= 0.3 is 18.3 Å². The topological polar surface area (TPSA) is 335 Å². The molecule has 12 rings (SSSR count). The van der Waals surface area contributed by atoms with E-state index in [-0.39, 0.29) is 18.2 Å². The number of aromatic nitrogens is 12. The van der Waals surface area contributed by atoms with Crippen molar-refractivity contribution in [3.63, 3.8) is 0 Å². The minimum atomic E-state index is -1.26. The summed E-state index contributed by atoms with van der Waals surface area (Å²) in [5, 5.41) is 8.79. The summed E-state index contributed by atoms with van der Waals surface area (Å²) in [4.78, 5) is 107. The third-order valence-electron chi connectivity index (χ3n) is 22.1. The van der Waals surface area contributed by atoms with Gasteiger partial charge in [0.05, 0.1) is 74.8 Å². The van der Waals surface area contributed by atoms with Gasteiger partial charge in [-0.3, -0.25) is 43.7 Å². The Morgan fingerprint density at radius 3 is 0.896 bits per heavy atom. The van der Waals surface area contributed by atoms with E-state index < -0.39 is 33.7 Å². The number of ether oxygens (including phenoxy) is 3. The van der Waals surface area contributed by atoms with Gasteiger partial charge in [-0.05, 0) is 272 Å². The van der Waals surface area contributed by atoms with Crippen LogP contribution in [-0.4, -0.2) is 222 Å². The van der Waals surface area contributed by atoms with Crippen LogP contribution in [0.2, 0.25) is 0 Å². The Kier molecular flexibility index (Phi) is 37.6. The van der Waals surface area contributed by atoms with Crippen LogP contribution < -0.4 is 36.4 Å². The SMILES string of the molecule is CN(C)c1ncc(CN(C)C2CCCc3cccnc32)c(CCCN)n1.CN(C)c1ncc(CN(C)C2CCCc3cccnc32)c(CCCNC(=O)OC(C)(C)C)n1.CN(C)c1ncc(CN(C)C2CCCc3cccnc32)c(CCCNC(=O)OC(C)(C)C)n1.CN(Cc1cnc(S(C)=O)nc1CCCNC(=O)OC(C)(C)C)C1CCCc2cccnc21. The van der Waals surface area contributed by atoms with E-state index in [1.54, 1.807) is 12.5 Å². The summed E-state index contributed by atoms with van der Waals surface area (Å²) in [6.07, 6.45) is 35.3. The van der Waals surface area contributed by atoms with Crippen molar-refractivity contribution in [3.8, 4) is 0 Å². The number of nitrogens with two attached hydrogens (primary N) is 1. The van der Waals surface area contributed by atoms with Crippen molar-refractivity contribution in [2.24, 2.45) is 5.73 Å². The van der Waals surface area contributed by atoms with Gasteiger partial charge in [-0.1, -0.05) is 24.3 Å². The number of rotatable bonds is 31. The number of nitrogens with one attached hydrogen (secondary N) is 3. The summed E-state index contributed by atoms with van der Waals surface area (Å²) >= 11 is 0. The van der Waals surface area contributed by atoms with Gasteiger partial charge in [-0.25, -0.2) is 54.3 Å². The number of carbonyl (C=O) groups excluding carboxylic acids is 3. The number of anilines is 3. The first-order valence-electron chi connectivity index (χ1n) is 44.4. The Bertz CT molecular complexity index is 4630. The van der Waals surface area contributed by atoms with Crippen molar-refractivity contribution >= 4 is 46.9 Å². The number of hydrogen-bond acceptors (Lipinski definition) is 27. The zero-order valence-corrected chi connectivity index (χ0v) is 79.0. The molecule has 0 spiro atoms. The quantitative estimate of drug-likeness (QED) is 0.0178. The molecule has 125 heavy (non-hydrogen) atoms. The standard InChI is InChI=1S/2C25H38N6O2.C24H35N5O3S.C20H30N6/c2*1-25(2,3)33-24(32)27-15-9-12-20-19(16-28-23(29-20)30(4)5)17-31(6)21-13-7-10-18-11-8-14-26-22(18)21;1-24(2,3)32-23(30)26-14-8-11-19-18(15-27-22(28-19)33(5)31)16-29(4)20-12-6-9-17-10-7-13-25-21(17)20;1-25(2)20-23-13-16(17(24-20)9-5-11-21)14-26(3)18-10-4-7-15-8-6-12-22-19(15)18/h2*8,11,14,16,21H,7,9-10,12-13,15,17H2,1-6H3,(H,27,32);7,10,13,15,20H,6,8-9,11-12,14,16H2,1-5H3,(H,26,30);6,8,12-13,18H,4-5,7,9-11,14,21H2,1-3H3. The normalized spacial score (nSPS) is 16.2. The van der Waals surface area contributed by atoms with Gasteiger partial charge in [0.2, 0.25) is 23.0 Å². The molecule has 0 saturated carbocycles. The minimum Gasteiger partial charge on any atom is -0.444 e. The van der Waals surface area contributed by atoms with E-state index in [9.17, 15) is 18.6 Å². The molecule has 5 unspecified atom stereocenters. The molecular weight excluding hydrogens is 1600 g/mol. The number of hydrogen-bond donors (Lipinski definition) is 4. The molecule has 680 valence electrons. The van der Waals surface area contributed by atoms with Crippen molar-refractivity contribution in [1.82, 2.24) is 95.4 Å². The lowest BCUT2D eigenvalue weighted by Crippen LogP contribution is -2.33. The lowest BCUT2D eigenvalue weighted by molar-refractivity contribution is 0.0515. The van der Waals surface area contributed by atoms with Gasteiger partial charge in [0.15, 0.2) is 0 Å². The largest absolute Gasteiger partial charge is 0.444 e. The van der Waals surface area contributed by atoms with Crippen LogP contribution in [0.3, 0.4) is 0 Å². The van der Waals surface area contributed by atoms with Crippen LogP contribution in [0, 0.1) is 0 Å². The average Bonchev–Trinajstić information content (AvgIpc) is 0.815. The first kappa shape index (κ1) is 98.9. The lowest BCUT2D eigenvalue weighted by Gasteiger charge is -2.32. The van der Waals surface area contributed by atoms with Crippen molar-refractivity contribution in [1.29, 1.82) is 0 Å².